The van der Waals surface area contributed by atoms with Crippen molar-refractivity contribution in [3.05, 3.63) is 41.0 Å². The monoisotopic (exact) mass is 711 g/mol. The zero-order valence-corrected chi connectivity index (χ0v) is 32.9. The second kappa shape index (κ2) is 29.5. The van der Waals surface area contributed by atoms with Crippen molar-refractivity contribution in [1.82, 2.24) is 20.5 Å². The van der Waals surface area contributed by atoms with E-state index in [0.29, 0.717) is 45.4 Å². The van der Waals surface area contributed by atoms with Crippen molar-refractivity contribution in [2.75, 3.05) is 39.9 Å². The number of amides is 3. The molecule has 5 N–H and O–H groups in total. The summed E-state index contributed by atoms with van der Waals surface area (Å²) in [4.78, 5) is 49.9. The number of carbonyl (C=O) groups is 4. The summed E-state index contributed by atoms with van der Waals surface area (Å²) in [6.07, 6.45) is 1.89. The van der Waals surface area contributed by atoms with E-state index < -0.39 is 11.7 Å². The highest BCUT2D eigenvalue weighted by Gasteiger charge is 2.27. The first-order valence-corrected chi connectivity index (χ1v) is 17.7. The fraction of sp³-hybridized carbons (Fsp3) is 0.639. The highest BCUT2D eigenvalue weighted by Crippen LogP contribution is 2.27. The van der Waals surface area contributed by atoms with Crippen LogP contribution >= 0.6 is 11.3 Å². The van der Waals surface area contributed by atoms with Crippen molar-refractivity contribution < 1.29 is 33.8 Å². The molecule has 0 radical (unpaired) electrons. The van der Waals surface area contributed by atoms with Crippen LogP contribution in [-0.2, 0) is 30.4 Å². The van der Waals surface area contributed by atoms with Crippen LogP contribution in [0.5, 0.6) is 0 Å². The van der Waals surface area contributed by atoms with E-state index in [1.807, 2.05) is 52.3 Å². The van der Waals surface area contributed by atoms with E-state index in [-0.39, 0.29) is 24.0 Å². The number of aldehydes is 1. The number of likely N-dealkylation sites (tertiary alicyclic amines) is 1. The molecule has 282 valence electrons. The van der Waals surface area contributed by atoms with Crippen LogP contribution in [-0.4, -0.2) is 91.3 Å². The van der Waals surface area contributed by atoms with Gasteiger partial charge < -0.3 is 40.6 Å². The molecule has 0 aliphatic carbocycles. The predicted octanol–water partition coefficient (Wildman–Crippen LogP) is 5.73. The fourth-order valence-electron chi connectivity index (χ4n) is 3.72. The lowest BCUT2D eigenvalue weighted by atomic mass is 9.92. The maximum Gasteiger partial charge on any atom is 0.407 e. The number of thiazole rings is 1. The van der Waals surface area contributed by atoms with E-state index in [0.717, 1.165) is 24.2 Å². The highest BCUT2D eigenvalue weighted by atomic mass is 32.1. The molecule has 49 heavy (non-hydrogen) atoms. The maximum atomic E-state index is 11.6. The average Bonchev–Trinajstić information content (AvgIpc) is 3.70. The van der Waals surface area contributed by atoms with Crippen LogP contribution in [0.4, 0.5) is 4.79 Å². The normalized spacial score (nSPS) is 13.0. The Morgan fingerprint density at radius 3 is 2.08 bits per heavy atom. The molecule has 0 spiro atoms. The smallest absolute Gasteiger partial charge is 0.407 e. The number of nitrogens with two attached hydrogens (primary N) is 1. The van der Waals surface area contributed by atoms with Crippen LogP contribution in [0.25, 0.3) is 10.4 Å². The number of β-amino-alcohol motifs (C(OH)–C–C–N with tert-alkyl or cyclic N) is 1. The maximum absolute atomic E-state index is 11.6. The number of benzene rings is 1. The molecule has 1 unspecified atom stereocenters. The first-order valence-electron chi connectivity index (χ1n) is 16.8. The van der Waals surface area contributed by atoms with Gasteiger partial charge in [0, 0.05) is 32.6 Å². The number of carbonyl (C=O) groups excluding carboxylic acids is 4. The molecule has 1 aliphatic rings. The molecule has 0 bridgehead atoms. The molecule has 1 atom stereocenters. The number of aliphatic hydroxyl groups is 1. The largest absolute Gasteiger partial charge is 0.444 e. The van der Waals surface area contributed by atoms with Gasteiger partial charge in [0.25, 0.3) is 0 Å². The topological polar surface area (TPSA) is 173 Å². The van der Waals surface area contributed by atoms with E-state index in [1.54, 1.807) is 37.0 Å². The third kappa shape index (κ3) is 27.2. The fourth-order valence-corrected chi connectivity index (χ4v) is 4.53. The van der Waals surface area contributed by atoms with Crippen LogP contribution in [0.1, 0.15) is 93.3 Å². The molecular weight excluding hydrogens is 646 g/mol. The van der Waals surface area contributed by atoms with E-state index in [1.165, 1.54) is 17.5 Å². The van der Waals surface area contributed by atoms with Crippen LogP contribution in [0.2, 0.25) is 0 Å². The zero-order valence-electron chi connectivity index (χ0n) is 32.1. The molecule has 2 aromatic rings. The Kier molecular flexibility index (Phi) is 30.1. The minimum absolute atomic E-state index is 0.0463. The molecule has 3 amide bonds. The number of ether oxygens (including phenoxy) is 2. The third-order valence-corrected chi connectivity index (χ3v) is 6.63. The van der Waals surface area contributed by atoms with Crippen molar-refractivity contribution in [3.8, 4) is 10.4 Å². The number of hydrogen-bond acceptors (Lipinski definition) is 10. The molecule has 12 nitrogen and oxygen atoms in total. The third-order valence-electron chi connectivity index (χ3n) is 5.65. The number of aliphatic hydroxyl groups excluding tert-OH is 1. The summed E-state index contributed by atoms with van der Waals surface area (Å²) in [6.45, 7) is 24.0. The number of hydrogen-bond donors (Lipinski definition) is 4. The number of alkyl carbamates (subject to hydrolysis) is 1. The van der Waals surface area contributed by atoms with Gasteiger partial charge in [-0.1, -0.05) is 72.7 Å². The number of rotatable bonds is 10. The number of nitrogens with one attached hydrogen (secondary N) is 2. The molecule has 1 aliphatic heterocycles. The standard InChI is InChI=1S/C12H12N2OS.C10H19NO2.C9H17NO4.2C2H6.CH5N/c1-9-12(16-8-14-9)11-4-2-10(3-5-11)6-13-7-15;1-10(2,3)6-9(13)11-5-4-8(12)7-11;1-9(2,3)14-8(12)10-4-6-13-7-5-11;3*1-2/h2-5,7-8H,6H2,1H3,(H,13,15);8,12H,4-7H2,1-3H3;5H,4,6-7H2,1-3H3,(H,10,12);2*1-2H3;2H2,1H3. The molecule has 3 rings (SSSR count). The number of aromatic nitrogens is 1. The second-order valence-electron chi connectivity index (χ2n) is 12.2. The van der Waals surface area contributed by atoms with Gasteiger partial charge in [0.1, 0.15) is 18.5 Å². The van der Waals surface area contributed by atoms with Crippen molar-refractivity contribution in [1.29, 1.82) is 0 Å². The molecule has 1 aromatic heterocycles. The molecule has 1 saturated heterocycles. The SMILES string of the molecule is CC.CC.CC(C)(C)CC(=O)N1CCC(O)C1.CC(C)(C)OC(=O)NCCOCC=O.CN.Cc1ncsc1-c1ccc(CNC=O)cc1. The van der Waals surface area contributed by atoms with E-state index in [9.17, 15) is 24.3 Å². The summed E-state index contributed by atoms with van der Waals surface area (Å²) < 4.78 is 9.79. The van der Waals surface area contributed by atoms with Crippen molar-refractivity contribution >= 4 is 36.0 Å². The zero-order chi connectivity index (χ0) is 38.5. The van der Waals surface area contributed by atoms with Gasteiger partial charge in [0.2, 0.25) is 12.3 Å². The summed E-state index contributed by atoms with van der Waals surface area (Å²) in [5, 5.41) is 14.4. The van der Waals surface area contributed by atoms with Gasteiger partial charge in [-0.25, -0.2) is 9.78 Å². The van der Waals surface area contributed by atoms with E-state index in [2.05, 4.69) is 54.3 Å². The second-order valence-corrected chi connectivity index (χ2v) is 13.0. The Morgan fingerprint density at radius 2 is 1.65 bits per heavy atom. The summed E-state index contributed by atoms with van der Waals surface area (Å²) in [5.74, 6) is 0.170. The number of nitrogens with zero attached hydrogens (tertiary/aromatic N) is 2. The van der Waals surface area contributed by atoms with E-state index >= 15 is 0 Å². The van der Waals surface area contributed by atoms with Gasteiger partial charge >= 0.3 is 6.09 Å². The van der Waals surface area contributed by atoms with Crippen molar-refractivity contribution in [3.63, 3.8) is 0 Å². The van der Waals surface area contributed by atoms with Gasteiger partial charge in [0.15, 0.2) is 0 Å². The molecule has 1 fully saturated rings. The summed E-state index contributed by atoms with van der Waals surface area (Å²) in [5.41, 5.74) is 9.24. The molecule has 2 heterocycles. The quantitative estimate of drug-likeness (QED) is 0.177. The van der Waals surface area contributed by atoms with Crippen LogP contribution in [0.15, 0.2) is 29.8 Å². The lowest BCUT2D eigenvalue weighted by Crippen LogP contribution is -2.34. The van der Waals surface area contributed by atoms with E-state index in [4.69, 9.17) is 9.47 Å². The molecule has 1 aromatic carbocycles. The summed E-state index contributed by atoms with van der Waals surface area (Å²) in [7, 11) is 1.50. The predicted molar refractivity (Wildman–Crippen MR) is 200 cm³/mol. The minimum Gasteiger partial charge on any atom is -0.444 e. The molecular formula is C36H65N5O7S. The summed E-state index contributed by atoms with van der Waals surface area (Å²) >= 11 is 1.64. The first kappa shape index (κ1) is 50.0. The lowest BCUT2D eigenvalue weighted by Gasteiger charge is -2.22. The molecule has 0 saturated carbocycles. The Bertz CT molecular complexity index is 1130. The van der Waals surface area contributed by atoms with Crippen LogP contribution < -0.4 is 16.4 Å². The Balaban J connectivity index is -0.000000603. The van der Waals surface area contributed by atoms with Crippen molar-refractivity contribution in [2.24, 2.45) is 11.1 Å². The van der Waals surface area contributed by atoms with Crippen LogP contribution in [0, 0.1) is 12.3 Å². The summed E-state index contributed by atoms with van der Waals surface area (Å²) in [6, 6.07) is 8.15. The van der Waals surface area contributed by atoms with Gasteiger partial charge in [-0.2, -0.15) is 0 Å². The van der Waals surface area contributed by atoms with Gasteiger partial charge in [-0.3, -0.25) is 9.59 Å². The lowest BCUT2D eigenvalue weighted by molar-refractivity contribution is -0.132. The highest BCUT2D eigenvalue weighted by molar-refractivity contribution is 7.13. The van der Waals surface area contributed by atoms with Gasteiger partial charge in [-0.15, -0.1) is 11.3 Å². The Hall–Kier alpha value is -3.39. The van der Waals surface area contributed by atoms with Crippen LogP contribution in [0.3, 0.4) is 0 Å². The van der Waals surface area contributed by atoms with Gasteiger partial charge in [-0.05, 0) is 57.7 Å². The molecule has 13 heteroatoms. The van der Waals surface area contributed by atoms with Gasteiger partial charge in [0.05, 0.1) is 28.8 Å². The Labute approximate surface area is 299 Å². The average molecular weight is 712 g/mol. The Morgan fingerprint density at radius 1 is 1.06 bits per heavy atom. The number of aryl methyl sites for hydroxylation is 1. The minimum atomic E-state index is -0.492. The van der Waals surface area contributed by atoms with Crippen molar-refractivity contribution in [2.45, 2.75) is 107 Å². The first-order chi connectivity index (χ1) is 23.1.